The molecule has 2 aromatic carbocycles. The number of aliphatic hydroxyl groups excluding tert-OH is 1. The van der Waals surface area contributed by atoms with Gasteiger partial charge in [-0.3, -0.25) is 4.90 Å². The third-order valence-electron chi connectivity index (χ3n) is 6.99. The normalized spacial score (nSPS) is 25.0. The molecule has 2 aromatic rings. The van der Waals surface area contributed by atoms with Crippen LogP contribution >= 0.6 is 0 Å². The zero-order valence-electron chi connectivity index (χ0n) is 20.8. The van der Waals surface area contributed by atoms with Crippen LogP contribution in [-0.4, -0.2) is 66.2 Å². The van der Waals surface area contributed by atoms with E-state index in [1.54, 1.807) is 12.1 Å². The van der Waals surface area contributed by atoms with Crippen LogP contribution < -0.4 is 9.80 Å². The quantitative estimate of drug-likeness (QED) is 0.649. The van der Waals surface area contributed by atoms with E-state index in [4.69, 9.17) is 9.47 Å². The number of halogens is 1. The molecule has 192 valence electrons. The van der Waals surface area contributed by atoms with Gasteiger partial charge in [0.05, 0.1) is 24.5 Å². The number of hydrogen-bond acceptors (Lipinski definition) is 6. The number of hydrogen-bond donors (Lipinski definition) is 1. The van der Waals surface area contributed by atoms with Gasteiger partial charge in [-0.25, -0.2) is 14.0 Å². The van der Waals surface area contributed by atoms with Crippen LogP contribution in [0, 0.1) is 17.7 Å². The Morgan fingerprint density at radius 1 is 1.14 bits per heavy atom. The maximum atomic E-state index is 15.1. The van der Waals surface area contributed by atoms with Crippen LogP contribution in [0.2, 0.25) is 0 Å². The van der Waals surface area contributed by atoms with Gasteiger partial charge >= 0.3 is 12.2 Å². The van der Waals surface area contributed by atoms with E-state index in [1.807, 2.05) is 60.9 Å². The van der Waals surface area contributed by atoms with Gasteiger partial charge in [0.15, 0.2) is 0 Å². The Hall–Kier alpha value is -3.33. The number of carbonyl (C=O) groups is 2. The molecule has 1 aliphatic carbocycles. The highest BCUT2D eigenvalue weighted by Crippen LogP contribution is 2.51. The molecule has 4 atom stereocenters. The van der Waals surface area contributed by atoms with E-state index >= 15 is 4.39 Å². The van der Waals surface area contributed by atoms with E-state index in [-0.39, 0.29) is 37.1 Å². The van der Waals surface area contributed by atoms with Gasteiger partial charge in [-0.1, -0.05) is 30.3 Å². The zero-order valence-corrected chi connectivity index (χ0v) is 20.8. The van der Waals surface area contributed by atoms with Gasteiger partial charge in [-0.2, -0.15) is 0 Å². The molecule has 0 radical (unpaired) electrons. The standard InChI is InChI=1S/C27H32FN3O5/c1-27(2,3)36-26(34)31(12-17-7-5-4-6-8-17)24-20-14-29(15-21(20)24)23-10-9-18(11-22(23)28)30-13-19(16-32)35-25(30)33/h4-11,19-21,24,32H,12-16H2,1-3H3/t19-,20-,21+,24?/m1/s1. The molecule has 8 nitrogen and oxygen atoms in total. The highest BCUT2D eigenvalue weighted by atomic mass is 19.1. The van der Waals surface area contributed by atoms with Gasteiger partial charge in [0.1, 0.15) is 17.5 Å². The van der Waals surface area contributed by atoms with Crippen molar-refractivity contribution in [3.05, 3.63) is 59.9 Å². The van der Waals surface area contributed by atoms with Gasteiger partial charge in [-0.15, -0.1) is 0 Å². The minimum Gasteiger partial charge on any atom is -0.444 e. The summed E-state index contributed by atoms with van der Waals surface area (Å²) in [5.74, 6) is 0.0530. The molecule has 2 amide bonds. The first kappa shape index (κ1) is 24.4. The number of cyclic esters (lactones) is 1. The average molecular weight is 498 g/mol. The number of carbonyl (C=O) groups excluding carboxylic acids is 2. The number of piperidine rings is 1. The van der Waals surface area contributed by atoms with E-state index in [1.165, 1.54) is 11.0 Å². The molecule has 3 aliphatic rings. The fourth-order valence-corrected chi connectivity index (χ4v) is 5.29. The first-order valence-corrected chi connectivity index (χ1v) is 12.3. The van der Waals surface area contributed by atoms with E-state index < -0.39 is 23.6 Å². The Kier molecular flexibility index (Phi) is 6.28. The van der Waals surface area contributed by atoms with E-state index in [2.05, 4.69) is 0 Å². The SMILES string of the molecule is CC(C)(C)OC(=O)N(Cc1ccccc1)C1[C@H]2CN(c3ccc(N4C[C@H](CO)OC4=O)cc3F)C[C@@H]12. The highest BCUT2D eigenvalue weighted by molar-refractivity contribution is 5.90. The number of fused-ring (bicyclic) bond motifs is 1. The number of benzene rings is 2. The number of ether oxygens (including phenoxy) is 2. The Balaban J connectivity index is 1.27. The smallest absolute Gasteiger partial charge is 0.414 e. The molecule has 5 rings (SSSR count). The molecule has 0 aromatic heterocycles. The lowest BCUT2D eigenvalue weighted by Crippen LogP contribution is -2.41. The van der Waals surface area contributed by atoms with Gasteiger partial charge in [0.25, 0.3) is 0 Å². The van der Waals surface area contributed by atoms with Gasteiger partial charge in [0, 0.05) is 37.5 Å². The molecule has 1 unspecified atom stereocenters. The predicted molar refractivity (Wildman–Crippen MR) is 132 cm³/mol. The average Bonchev–Trinajstić information content (AvgIpc) is 3.14. The largest absolute Gasteiger partial charge is 0.444 e. The first-order valence-electron chi connectivity index (χ1n) is 12.3. The number of amides is 2. The number of aliphatic hydroxyl groups is 1. The van der Waals surface area contributed by atoms with Crippen molar-refractivity contribution < 1.29 is 28.6 Å². The van der Waals surface area contributed by atoms with Crippen molar-refractivity contribution in [2.24, 2.45) is 11.8 Å². The van der Waals surface area contributed by atoms with Gasteiger partial charge < -0.3 is 24.4 Å². The molecular formula is C27H32FN3O5. The Morgan fingerprint density at radius 3 is 2.42 bits per heavy atom. The lowest BCUT2D eigenvalue weighted by Gasteiger charge is -2.31. The third-order valence-corrected chi connectivity index (χ3v) is 6.99. The van der Waals surface area contributed by atoms with Crippen LogP contribution in [0.15, 0.2) is 48.5 Å². The second kappa shape index (κ2) is 9.28. The summed E-state index contributed by atoms with van der Waals surface area (Å²) in [6.45, 7) is 7.24. The summed E-state index contributed by atoms with van der Waals surface area (Å²) in [5.41, 5.74) is 1.32. The lowest BCUT2D eigenvalue weighted by atomic mass is 10.2. The molecule has 0 spiro atoms. The summed E-state index contributed by atoms with van der Waals surface area (Å²) in [6, 6.07) is 14.6. The number of rotatable bonds is 6. The van der Waals surface area contributed by atoms with Crippen molar-refractivity contribution in [1.82, 2.24) is 4.90 Å². The van der Waals surface area contributed by atoms with Crippen LogP contribution in [-0.2, 0) is 16.0 Å². The van der Waals surface area contributed by atoms with E-state index in [0.29, 0.717) is 31.0 Å². The first-order chi connectivity index (χ1) is 17.1. The van der Waals surface area contributed by atoms with Crippen molar-refractivity contribution >= 4 is 23.6 Å². The monoisotopic (exact) mass is 497 g/mol. The molecule has 1 N–H and O–H groups in total. The second-order valence-electron chi connectivity index (χ2n) is 10.8. The summed E-state index contributed by atoms with van der Waals surface area (Å²) in [5, 5.41) is 9.24. The third kappa shape index (κ3) is 4.84. The van der Waals surface area contributed by atoms with Crippen molar-refractivity contribution in [2.45, 2.75) is 45.1 Å². The fraction of sp³-hybridized carbons (Fsp3) is 0.481. The minimum atomic E-state index is -0.605. The fourth-order valence-electron chi connectivity index (χ4n) is 5.29. The molecule has 9 heteroatoms. The number of anilines is 2. The Labute approximate surface area is 210 Å². The predicted octanol–water partition coefficient (Wildman–Crippen LogP) is 4.02. The lowest BCUT2D eigenvalue weighted by molar-refractivity contribution is 0.0195. The maximum Gasteiger partial charge on any atom is 0.414 e. The molecule has 0 bridgehead atoms. The minimum absolute atomic E-state index is 0.0495. The molecule has 36 heavy (non-hydrogen) atoms. The maximum absolute atomic E-state index is 15.1. The van der Waals surface area contributed by atoms with Crippen molar-refractivity contribution in [1.29, 1.82) is 0 Å². The number of nitrogens with zero attached hydrogens (tertiary/aromatic N) is 3. The topological polar surface area (TPSA) is 82.6 Å². The highest BCUT2D eigenvalue weighted by Gasteiger charge is 2.60. The molecule has 1 saturated carbocycles. The summed E-state index contributed by atoms with van der Waals surface area (Å²) < 4.78 is 25.9. The van der Waals surface area contributed by atoms with Crippen molar-refractivity contribution in [3.8, 4) is 0 Å². The van der Waals surface area contributed by atoms with E-state index in [9.17, 15) is 14.7 Å². The van der Waals surface area contributed by atoms with Crippen molar-refractivity contribution in [3.63, 3.8) is 0 Å². The Morgan fingerprint density at radius 2 is 1.83 bits per heavy atom. The summed E-state index contributed by atoms with van der Waals surface area (Å²) >= 11 is 0. The van der Waals surface area contributed by atoms with Gasteiger partial charge in [-0.05, 0) is 44.5 Å². The van der Waals surface area contributed by atoms with Crippen LogP contribution in [0.25, 0.3) is 0 Å². The van der Waals surface area contributed by atoms with Crippen LogP contribution in [0.3, 0.4) is 0 Å². The van der Waals surface area contributed by atoms with Crippen molar-refractivity contribution in [2.75, 3.05) is 36.0 Å². The van der Waals surface area contributed by atoms with Crippen LogP contribution in [0.5, 0.6) is 0 Å². The molecule has 3 fully saturated rings. The summed E-state index contributed by atoms with van der Waals surface area (Å²) in [4.78, 5) is 30.3. The molecule has 2 aliphatic heterocycles. The second-order valence-corrected chi connectivity index (χ2v) is 10.8. The Bertz CT molecular complexity index is 1130. The summed E-state index contributed by atoms with van der Waals surface area (Å²) in [7, 11) is 0. The molecule has 2 saturated heterocycles. The molecular weight excluding hydrogens is 465 g/mol. The van der Waals surface area contributed by atoms with Gasteiger partial charge in [0.2, 0.25) is 0 Å². The molecule has 2 heterocycles. The zero-order chi connectivity index (χ0) is 25.6. The van der Waals surface area contributed by atoms with Crippen LogP contribution in [0.4, 0.5) is 25.4 Å². The summed E-state index contributed by atoms with van der Waals surface area (Å²) in [6.07, 6.45) is -1.52. The van der Waals surface area contributed by atoms with Crippen LogP contribution in [0.1, 0.15) is 26.3 Å². The van der Waals surface area contributed by atoms with E-state index in [0.717, 1.165) is 5.56 Å².